The Morgan fingerprint density at radius 1 is 1.18 bits per heavy atom. The van der Waals surface area contributed by atoms with Gasteiger partial charge in [0.25, 0.3) is 0 Å². The lowest BCUT2D eigenvalue weighted by Gasteiger charge is -2.18. The van der Waals surface area contributed by atoms with Crippen molar-refractivity contribution in [3.05, 3.63) is 29.8 Å². The van der Waals surface area contributed by atoms with E-state index in [-0.39, 0.29) is 0 Å². The van der Waals surface area contributed by atoms with Crippen molar-refractivity contribution in [3.8, 4) is 5.75 Å². The molecule has 2 heteroatoms. The van der Waals surface area contributed by atoms with Crippen LogP contribution in [0.1, 0.15) is 52.1 Å². The van der Waals surface area contributed by atoms with Gasteiger partial charge in [-0.3, -0.25) is 0 Å². The van der Waals surface area contributed by atoms with Gasteiger partial charge in [-0.2, -0.15) is 0 Å². The molecule has 2 nitrogen and oxygen atoms in total. The zero-order chi connectivity index (χ0) is 12.7. The minimum absolute atomic E-state index is 0.333. The lowest BCUT2D eigenvalue weighted by Crippen LogP contribution is -2.18. The average molecular weight is 235 g/mol. The summed E-state index contributed by atoms with van der Waals surface area (Å²) in [6.45, 7) is 9.62. The third-order valence-electron chi connectivity index (χ3n) is 3.08. The van der Waals surface area contributed by atoms with Gasteiger partial charge < -0.3 is 10.1 Å². The molecule has 0 spiro atoms. The average Bonchev–Trinajstić information content (AvgIpc) is 2.36. The van der Waals surface area contributed by atoms with Crippen LogP contribution < -0.4 is 10.1 Å². The van der Waals surface area contributed by atoms with Gasteiger partial charge in [-0.1, -0.05) is 32.9 Å². The molecule has 1 unspecified atom stereocenters. The SMILES string of the molecule is CCNC(C)c1cccc(OC(CC)CC)c1. The first kappa shape index (κ1) is 14.0. The molecule has 0 saturated heterocycles. The summed E-state index contributed by atoms with van der Waals surface area (Å²) >= 11 is 0. The van der Waals surface area contributed by atoms with E-state index in [1.54, 1.807) is 0 Å². The van der Waals surface area contributed by atoms with E-state index >= 15 is 0 Å². The van der Waals surface area contributed by atoms with Crippen LogP contribution in [0.2, 0.25) is 0 Å². The standard InChI is InChI=1S/C15H25NO/c1-5-14(6-2)17-15-10-8-9-13(11-15)12(4)16-7-3/h8-12,14,16H,5-7H2,1-4H3. The van der Waals surface area contributed by atoms with Gasteiger partial charge in [-0.15, -0.1) is 0 Å². The van der Waals surface area contributed by atoms with Crippen molar-refractivity contribution in [2.75, 3.05) is 6.54 Å². The minimum atomic E-state index is 0.333. The summed E-state index contributed by atoms with van der Waals surface area (Å²) in [4.78, 5) is 0. The van der Waals surface area contributed by atoms with E-state index in [0.29, 0.717) is 12.1 Å². The molecule has 0 heterocycles. The third kappa shape index (κ3) is 4.39. The number of hydrogen-bond donors (Lipinski definition) is 1. The van der Waals surface area contributed by atoms with Crippen LogP contribution >= 0.6 is 0 Å². The van der Waals surface area contributed by atoms with Crippen molar-refractivity contribution in [2.45, 2.75) is 52.7 Å². The quantitative estimate of drug-likeness (QED) is 0.773. The summed E-state index contributed by atoms with van der Waals surface area (Å²) in [5.74, 6) is 0.987. The molecule has 1 aromatic carbocycles. The van der Waals surface area contributed by atoms with Gasteiger partial charge in [0.1, 0.15) is 5.75 Å². The third-order valence-corrected chi connectivity index (χ3v) is 3.08. The van der Waals surface area contributed by atoms with Crippen LogP contribution in [0, 0.1) is 0 Å². The Balaban J connectivity index is 2.71. The van der Waals surface area contributed by atoms with Crippen LogP contribution in [0.25, 0.3) is 0 Å². The maximum atomic E-state index is 5.95. The molecule has 1 rings (SSSR count). The molecule has 0 bridgehead atoms. The summed E-state index contributed by atoms with van der Waals surface area (Å²) in [7, 11) is 0. The molecule has 0 amide bonds. The van der Waals surface area contributed by atoms with Crippen molar-refractivity contribution in [1.82, 2.24) is 5.32 Å². The van der Waals surface area contributed by atoms with E-state index in [9.17, 15) is 0 Å². The first-order valence-corrected chi connectivity index (χ1v) is 6.71. The van der Waals surface area contributed by atoms with Crippen LogP contribution in [0.3, 0.4) is 0 Å². The monoisotopic (exact) mass is 235 g/mol. The van der Waals surface area contributed by atoms with Crippen LogP contribution in [-0.4, -0.2) is 12.6 Å². The van der Waals surface area contributed by atoms with Gasteiger partial charge in [0.2, 0.25) is 0 Å². The molecule has 0 saturated carbocycles. The van der Waals surface area contributed by atoms with E-state index < -0.39 is 0 Å². The van der Waals surface area contributed by atoms with Gasteiger partial charge in [-0.05, 0) is 44.0 Å². The highest BCUT2D eigenvalue weighted by Crippen LogP contribution is 2.21. The highest BCUT2D eigenvalue weighted by molar-refractivity contribution is 5.30. The summed E-state index contributed by atoms with van der Waals surface area (Å²) in [6.07, 6.45) is 2.45. The largest absolute Gasteiger partial charge is 0.490 e. The van der Waals surface area contributed by atoms with Crippen molar-refractivity contribution in [3.63, 3.8) is 0 Å². The molecule has 0 aliphatic heterocycles. The predicted molar refractivity (Wildman–Crippen MR) is 73.5 cm³/mol. The van der Waals surface area contributed by atoms with E-state index in [1.165, 1.54) is 5.56 Å². The Bertz CT molecular complexity index is 320. The second-order valence-corrected chi connectivity index (χ2v) is 4.41. The van der Waals surface area contributed by atoms with E-state index in [1.807, 2.05) is 6.07 Å². The highest BCUT2D eigenvalue weighted by Gasteiger charge is 2.08. The lowest BCUT2D eigenvalue weighted by molar-refractivity contribution is 0.192. The van der Waals surface area contributed by atoms with Gasteiger partial charge in [-0.25, -0.2) is 0 Å². The number of hydrogen-bond acceptors (Lipinski definition) is 2. The van der Waals surface area contributed by atoms with Crippen molar-refractivity contribution in [2.24, 2.45) is 0 Å². The summed E-state index contributed by atoms with van der Waals surface area (Å²) < 4.78 is 5.95. The fourth-order valence-corrected chi connectivity index (χ4v) is 1.93. The minimum Gasteiger partial charge on any atom is -0.490 e. The number of ether oxygens (including phenoxy) is 1. The molecule has 0 fully saturated rings. The zero-order valence-electron chi connectivity index (χ0n) is 11.5. The Morgan fingerprint density at radius 2 is 1.88 bits per heavy atom. The zero-order valence-corrected chi connectivity index (χ0v) is 11.5. The normalized spacial score (nSPS) is 12.8. The van der Waals surface area contributed by atoms with Gasteiger partial charge in [0.15, 0.2) is 0 Å². The summed E-state index contributed by atoms with van der Waals surface area (Å²) in [5, 5.41) is 3.41. The molecular weight excluding hydrogens is 210 g/mol. The fraction of sp³-hybridized carbons (Fsp3) is 0.600. The van der Waals surface area contributed by atoms with Crippen molar-refractivity contribution in [1.29, 1.82) is 0 Å². The lowest BCUT2D eigenvalue weighted by atomic mass is 10.1. The molecule has 0 aliphatic rings. The predicted octanol–water partition coefficient (Wildman–Crippen LogP) is 3.92. The number of nitrogens with one attached hydrogen (secondary N) is 1. The first-order chi connectivity index (χ1) is 8.21. The Kier molecular flexibility index (Phi) is 6.06. The maximum Gasteiger partial charge on any atom is 0.120 e. The molecule has 96 valence electrons. The Hall–Kier alpha value is -1.02. The Morgan fingerprint density at radius 3 is 2.47 bits per heavy atom. The van der Waals surface area contributed by atoms with Crippen LogP contribution in [0.15, 0.2) is 24.3 Å². The first-order valence-electron chi connectivity index (χ1n) is 6.71. The van der Waals surface area contributed by atoms with E-state index in [0.717, 1.165) is 25.1 Å². The van der Waals surface area contributed by atoms with Gasteiger partial charge in [0.05, 0.1) is 6.10 Å². The van der Waals surface area contributed by atoms with Gasteiger partial charge >= 0.3 is 0 Å². The van der Waals surface area contributed by atoms with Crippen molar-refractivity contribution < 1.29 is 4.74 Å². The Labute approximate surface area is 105 Å². The van der Waals surface area contributed by atoms with Gasteiger partial charge in [0, 0.05) is 6.04 Å². The summed E-state index contributed by atoms with van der Waals surface area (Å²) in [6, 6.07) is 8.78. The van der Waals surface area contributed by atoms with Crippen molar-refractivity contribution >= 4 is 0 Å². The smallest absolute Gasteiger partial charge is 0.120 e. The highest BCUT2D eigenvalue weighted by atomic mass is 16.5. The molecule has 0 aromatic heterocycles. The molecular formula is C15H25NO. The second-order valence-electron chi connectivity index (χ2n) is 4.41. The van der Waals surface area contributed by atoms with Crippen LogP contribution in [-0.2, 0) is 0 Å². The number of rotatable bonds is 7. The molecule has 1 aromatic rings. The van der Waals surface area contributed by atoms with E-state index in [4.69, 9.17) is 4.74 Å². The second kappa shape index (κ2) is 7.33. The molecule has 17 heavy (non-hydrogen) atoms. The molecule has 1 N–H and O–H groups in total. The fourth-order valence-electron chi connectivity index (χ4n) is 1.93. The van der Waals surface area contributed by atoms with E-state index in [2.05, 4.69) is 51.2 Å². The van der Waals surface area contributed by atoms with Crippen LogP contribution in [0.4, 0.5) is 0 Å². The topological polar surface area (TPSA) is 21.3 Å². The molecule has 0 aliphatic carbocycles. The molecule has 0 radical (unpaired) electrons. The number of benzene rings is 1. The summed E-state index contributed by atoms with van der Waals surface area (Å²) in [5.41, 5.74) is 1.29. The maximum absolute atomic E-state index is 5.95. The molecule has 1 atom stereocenters. The van der Waals surface area contributed by atoms with Crippen LogP contribution in [0.5, 0.6) is 5.75 Å².